The normalized spacial score (nSPS) is 24.5. The van der Waals surface area contributed by atoms with Gasteiger partial charge in [0.15, 0.2) is 0 Å². The van der Waals surface area contributed by atoms with Gasteiger partial charge in [0.2, 0.25) is 11.8 Å². The van der Waals surface area contributed by atoms with Crippen LogP contribution < -0.4 is 5.32 Å². The number of piperidine rings is 1. The fourth-order valence-corrected chi connectivity index (χ4v) is 7.61. The van der Waals surface area contributed by atoms with Crippen molar-refractivity contribution in [2.45, 2.75) is 33.0 Å². The Hall–Kier alpha value is -2.85. The number of pyridine rings is 1. The average molecular weight is 553 g/mol. The Labute approximate surface area is 227 Å². The molecule has 7 rings (SSSR count). The quantitative estimate of drug-likeness (QED) is 0.359. The summed E-state index contributed by atoms with van der Waals surface area (Å²) in [6.07, 6.45) is 3.17. The Bertz CT molecular complexity index is 1620. The van der Waals surface area contributed by atoms with Crippen molar-refractivity contribution in [3.8, 4) is 11.1 Å². The first-order valence-corrected chi connectivity index (χ1v) is 14.0. The molecule has 2 amide bonds. The number of fused-ring (bicyclic) bond motifs is 3. The lowest BCUT2D eigenvalue weighted by Crippen LogP contribution is -2.40. The van der Waals surface area contributed by atoms with Gasteiger partial charge >= 0.3 is 0 Å². The predicted molar refractivity (Wildman–Crippen MR) is 144 cm³/mol. The summed E-state index contributed by atoms with van der Waals surface area (Å²) in [4.78, 5) is 32.6. The lowest BCUT2D eigenvalue weighted by molar-refractivity contribution is -0.143. The summed E-state index contributed by atoms with van der Waals surface area (Å²) in [7, 11) is 0. The lowest BCUT2D eigenvalue weighted by atomic mass is 10.0. The molecule has 3 aromatic heterocycles. The van der Waals surface area contributed by atoms with Gasteiger partial charge in [-0.15, -0.1) is 11.3 Å². The lowest BCUT2D eigenvalue weighted by Gasteiger charge is -2.24. The first-order chi connectivity index (χ1) is 18.2. The first kappa shape index (κ1) is 24.2. The molecule has 2 saturated heterocycles. The molecule has 0 radical (unpaired) electrons. The zero-order valence-electron chi connectivity index (χ0n) is 21.0. The van der Waals surface area contributed by atoms with Crippen molar-refractivity contribution in [2.24, 2.45) is 17.3 Å². The summed E-state index contributed by atoms with van der Waals surface area (Å²) in [6, 6.07) is 7.35. The van der Waals surface area contributed by atoms with E-state index in [4.69, 9.17) is 16.3 Å². The molecule has 0 bridgehead atoms. The summed E-state index contributed by atoms with van der Waals surface area (Å²) in [5.41, 5.74) is 2.95. The third kappa shape index (κ3) is 3.63. The highest BCUT2D eigenvalue weighted by Gasteiger charge is 2.72. The first-order valence-electron chi connectivity index (χ1n) is 12.8. The van der Waals surface area contributed by atoms with Crippen LogP contribution in [0.1, 0.15) is 18.7 Å². The fraction of sp³-hybridized carbons (Fsp3) is 0.393. The second-order valence-electron chi connectivity index (χ2n) is 11.0. The van der Waals surface area contributed by atoms with E-state index in [0.29, 0.717) is 30.1 Å². The number of carbonyl (C=O) groups excluding carboxylic acids is 2. The minimum absolute atomic E-state index is 0.0696. The molecule has 1 N–H and O–H groups in total. The number of thiophene rings is 1. The van der Waals surface area contributed by atoms with Crippen LogP contribution in [0.25, 0.3) is 32.2 Å². The molecule has 4 aromatic rings. The number of benzene rings is 1. The van der Waals surface area contributed by atoms with Crippen LogP contribution >= 0.6 is 22.9 Å². The van der Waals surface area contributed by atoms with Crippen LogP contribution in [-0.4, -0.2) is 52.1 Å². The van der Waals surface area contributed by atoms with E-state index in [-0.39, 0.29) is 47.5 Å². The zero-order chi connectivity index (χ0) is 26.3. The summed E-state index contributed by atoms with van der Waals surface area (Å²) in [5.74, 6) is -0.912. The second kappa shape index (κ2) is 8.58. The molecule has 0 spiro atoms. The fourth-order valence-electron chi connectivity index (χ4n) is 6.26. The number of likely N-dealkylation sites (tertiary alicyclic amines) is 1. The molecule has 3 aliphatic rings. The topological polar surface area (TPSA) is 76.5 Å². The second-order valence-corrected chi connectivity index (χ2v) is 12.6. The van der Waals surface area contributed by atoms with Crippen LogP contribution in [0.5, 0.6) is 0 Å². The van der Waals surface area contributed by atoms with Gasteiger partial charge in [0.25, 0.3) is 0 Å². The number of carbonyl (C=O) groups is 2. The standard InChI is InChI=1S/C28H26ClFN4O3S/c1-28(2)22-23(28)27(36)34(26(22)35)12-16-9-21-25(38-16)17(3-4-32-21)18-7-14(29)8-19-20(30)13-33(24(18)19)11-15-10-31-5-6-37-15/h3-4,7-9,13,15,22-23,31H,5-6,10-12H2,1-2H3/t15-,22?,23?/m0/s1. The molecule has 2 aliphatic heterocycles. The van der Waals surface area contributed by atoms with Crippen LogP contribution in [0.4, 0.5) is 4.39 Å². The summed E-state index contributed by atoms with van der Waals surface area (Å²) < 4.78 is 23.8. The number of aromatic nitrogens is 2. The highest BCUT2D eigenvalue weighted by molar-refractivity contribution is 7.19. The van der Waals surface area contributed by atoms with E-state index in [1.165, 1.54) is 22.4 Å². The third-order valence-electron chi connectivity index (χ3n) is 8.25. The van der Waals surface area contributed by atoms with Gasteiger partial charge in [-0.05, 0) is 29.7 Å². The molecular formula is C28H26ClFN4O3S. The van der Waals surface area contributed by atoms with Gasteiger partial charge in [0, 0.05) is 51.9 Å². The molecule has 3 fully saturated rings. The van der Waals surface area contributed by atoms with E-state index >= 15 is 4.39 Å². The number of amides is 2. The Balaban J connectivity index is 1.29. The van der Waals surface area contributed by atoms with E-state index in [1.54, 1.807) is 12.3 Å². The van der Waals surface area contributed by atoms with Gasteiger partial charge in [-0.3, -0.25) is 19.5 Å². The van der Waals surface area contributed by atoms with Crippen molar-refractivity contribution in [1.82, 2.24) is 19.8 Å². The minimum Gasteiger partial charge on any atom is -0.374 e. The maximum absolute atomic E-state index is 15.1. The number of hydrogen-bond donors (Lipinski definition) is 1. The number of hydrogen-bond acceptors (Lipinski definition) is 6. The van der Waals surface area contributed by atoms with Crippen molar-refractivity contribution >= 4 is 55.9 Å². The average Bonchev–Trinajstić information content (AvgIpc) is 3.17. The number of nitrogens with one attached hydrogen (secondary N) is 1. The van der Waals surface area contributed by atoms with Crippen molar-refractivity contribution in [3.05, 3.63) is 52.4 Å². The van der Waals surface area contributed by atoms with Gasteiger partial charge in [-0.2, -0.15) is 0 Å². The molecule has 1 aromatic carbocycles. The Morgan fingerprint density at radius 3 is 2.74 bits per heavy atom. The molecule has 5 heterocycles. The van der Waals surface area contributed by atoms with Crippen molar-refractivity contribution in [3.63, 3.8) is 0 Å². The maximum atomic E-state index is 15.1. The number of halogens is 2. The molecule has 1 saturated carbocycles. The van der Waals surface area contributed by atoms with E-state index < -0.39 is 0 Å². The Morgan fingerprint density at radius 2 is 2.00 bits per heavy atom. The number of ether oxygens (including phenoxy) is 1. The van der Waals surface area contributed by atoms with Crippen LogP contribution in [0.2, 0.25) is 5.02 Å². The largest absolute Gasteiger partial charge is 0.374 e. The molecule has 3 atom stereocenters. The van der Waals surface area contributed by atoms with Gasteiger partial charge in [0.05, 0.1) is 53.4 Å². The molecule has 196 valence electrons. The highest BCUT2D eigenvalue weighted by Crippen LogP contribution is 2.63. The predicted octanol–water partition coefficient (Wildman–Crippen LogP) is 4.84. The third-order valence-corrected chi connectivity index (χ3v) is 9.61. The van der Waals surface area contributed by atoms with Gasteiger partial charge in [-0.1, -0.05) is 25.4 Å². The van der Waals surface area contributed by atoms with Crippen LogP contribution in [0, 0.1) is 23.1 Å². The number of nitrogens with zero attached hydrogens (tertiary/aromatic N) is 3. The van der Waals surface area contributed by atoms with Gasteiger partial charge < -0.3 is 14.6 Å². The summed E-state index contributed by atoms with van der Waals surface area (Å²) in [5, 5.41) is 4.22. The van der Waals surface area contributed by atoms with Crippen molar-refractivity contribution in [1.29, 1.82) is 0 Å². The van der Waals surface area contributed by atoms with Gasteiger partial charge in [0.1, 0.15) is 5.82 Å². The maximum Gasteiger partial charge on any atom is 0.234 e. The van der Waals surface area contributed by atoms with E-state index in [0.717, 1.165) is 38.3 Å². The zero-order valence-corrected chi connectivity index (χ0v) is 22.5. The smallest absolute Gasteiger partial charge is 0.234 e. The molecule has 38 heavy (non-hydrogen) atoms. The SMILES string of the molecule is CC1(C)C2C(=O)N(Cc3cc4nccc(-c5cc(Cl)cc6c(F)cn(C[C@@H]7CNCCO7)c56)c4s3)C(=O)C21. The van der Waals surface area contributed by atoms with E-state index in [1.807, 2.05) is 36.6 Å². The Morgan fingerprint density at radius 1 is 1.21 bits per heavy atom. The highest BCUT2D eigenvalue weighted by atomic mass is 35.5. The number of rotatable bonds is 5. The summed E-state index contributed by atoms with van der Waals surface area (Å²) in [6.45, 7) is 6.83. The molecule has 7 nitrogen and oxygen atoms in total. The molecule has 10 heteroatoms. The van der Waals surface area contributed by atoms with Gasteiger partial charge in [-0.25, -0.2) is 4.39 Å². The van der Waals surface area contributed by atoms with Crippen LogP contribution in [0.3, 0.4) is 0 Å². The monoisotopic (exact) mass is 552 g/mol. The number of morpholine rings is 1. The molecular weight excluding hydrogens is 527 g/mol. The summed E-state index contributed by atoms with van der Waals surface area (Å²) >= 11 is 7.98. The van der Waals surface area contributed by atoms with Crippen LogP contribution in [-0.2, 0) is 27.4 Å². The minimum atomic E-state index is -0.336. The number of imide groups is 1. The van der Waals surface area contributed by atoms with Crippen LogP contribution in [0.15, 0.2) is 36.7 Å². The van der Waals surface area contributed by atoms with E-state index in [9.17, 15) is 9.59 Å². The van der Waals surface area contributed by atoms with Crippen molar-refractivity contribution in [2.75, 3.05) is 19.7 Å². The Kier molecular flexibility index (Phi) is 5.46. The van der Waals surface area contributed by atoms with Crippen molar-refractivity contribution < 1.29 is 18.7 Å². The van der Waals surface area contributed by atoms with E-state index in [2.05, 4.69) is 10.3 Å². The molecule has 2 unspecified atom stereocenters. The molecule has 1 aliphatic carbocycles.